The van der Waals surface area contributed by atoms with Gasteiger partial charge in [0.25, 0.3) is 5.91 Å². The second-order valence-corrected chi connectivity index (χ2v) is 7.22. The van der Waals surface area contributed by atoms with Crippen molar-refractivity contribution < 1.29 is 18.0 Å². The molecule has 0 saturated carbocycles. The lowest BCUT2D eigenvalue weighted by atomic mass is 10.1. The van der Waals surface area contributed by atoms with Crippen molar-refractivity contribution in [1.82, 2.24) is 4.57 Å². The number of alkyl halides is 3. The molecule has 0 aliphatic heterocycles. The summed E-state index contributed by atoms with van der Waals surface area (Å²) >= 11 is 1.37. The molecule has 27 heavy (non-hydrogen) atoms. The zero-order chi connectivity index (χ0) is 19.4. The van der Waals surface area contributed by atoms with Gasteiger partial charge in [0.05, 0.1) is 15.8 Å². The summed E-state index contributed by atoms with van der Waals surface area (Å²) in [7, 11) is 0. The lowest BCUT2D eigenvalue weighted by Gasteiger charge is -2.07. The number of thiazole rings is 1. The number of aryl methyl sites for hydroxylation is 1. The Kier molecular flexibility index (Phi) is 5.79. The van der Waals surface area contributed by atoms with E-state index in [2.05, 4.69) is 11.9 Å². The van der Waals surface area contributed by atoms with Crippen LogP contribution in [0.3, 0.4) is 0 Å². The SMILES string of the molecule is CCCCCn1c(=NC(=O)c2cccc(C(F)(F)F)c2)sc2ccccc21. The summed E-state index contributed by atoms with van der Waals surface area (Å²) in [5.74, 6) is -0.670. The van der Waals surface area contributed by atoms with Crippen LogP contribution in [0.15, 0.2) is 53.5 Å². The lowest BCUT2D eigenvalue weighted by Crippen LogP contribution is -2.17. The fraction of sp³-hybridized carbons (Fsp3) is 0.300. The van der Waals surface area contributed by atoms with Crippen molar-refractivity contribution in [2.75, 3.05) is 0 Å². The molecule has 0 spiro atoms. The largest absolute Gasteiger partial charge is 0.416 e. The van der Waals surface area contributed by atoms with Crippen molar-refractivity contribution in [3.05, 3.63) is 64.5 Å². The highest BCUT2D eigenvalue weighted by Crippen LogP contribution is 2.29. The molecule has 0 atom stereocenters. The molecule has 7 heteroatoms. The first-order chi connectivity index (χ1) is 12.9. The van der Waals surface area contributed by atoms with E-state index in [0.717, 1.165) is 41.6 Å². The molecule has 3 rings (SSSR count). The van der Waals surface area contributed by atoms with E-state index in [4.69, 9.17) is 0 Å². The molecule has 142 valence electrons. The van der Waals surface area contributed by atoms with Crippen LogP contribution in [0.25, 0.3) is 10.2 Å². The van der Waals surface area contributed by atoms with E-state index in [1.54, 1.807) is 0 Å². The van der Waals surface area contributed by atoms with Gasteiger partial charge >= 0.3 is 6.18 Å². The third kappa shape index (κ3) is 4.47. The van der Waals surface area contributed by atoms with Gasteiger partial charge in [0.1, 0.15) is 0 Å². The van der Waals surface area contributed by atoms with E-state index >= 15 is 0 Å². The Morgan fingerprint density at radius 3 is 2.63 bits per heavy atom. The first-order valence-corrected chi connectivity index (χ1v) is 9.56. The first kappa shape index (κ1) is 19.4. The van der Waals surface area contributed by atoms with Crippen molar-refractivity contribution in [1.29, 1.82) is 0 Å². The van der Waals surface area contributed by atoms with Crippen molar-refractivity contribution in [3.8, 4) is 0 Å². The Morgan fingerprint density at radius 2 is 1.89 bits per heavy atom. The number of aromatic nitrogens is 1. The predicted octanol–water partition coefficient (Wildman–Crippen LogP) is 5.65. The third-order valence-electron chi connectivity index (χ3n) is 4.21. The maximum Gasteiger partial charge on any atom is 0.416 e. The van der Waals surface area contributed by atoms with Crippen LogP contribution in [0.4, 0.5) is 13.2 Å². The van der Waals surface area contributed by atoms with E-state index in [1.807, 2.05) is 28.8 Å². The Bertz CT molecular complexity index is 1020. The van der Waals surface area contributed by atoms with Crippen molar-refractivity contribution in [2.45, 2.75) is 38.9 Å². The number of fused-ring (bicyclic) bond motifs is 1. The Morgan fingerprint density at radius 1 is 1.11 bits per heavy atom. The van der Waals surface area contributed by atoms with Gasteiger partial charge in [0.2, 0.25) is 0 Å². The zero-order valence-electron chi connectivity index (χ0n) is 14.8. The molecule has 1 aromatic heterocycles. The fourth-order valence-electron chi connectivity index (χ4n) is 2.82. The topological polar surface area (TPSA) is 34.4 Å². The Hall–Kier alpha value is -2.41. The number of carbonyl (C=O) groups excluding carboxylic acids is 1. The van der Waals surface area contributed by atoms with Crippen molar-refractivity contribution in [3.63, 3.8) is 0 Å². The van der Waals surface area contributed by atoms with Crippen LogP contribution >= 0.6 is 11.3 Å². The maximum atomic E-state index is 12.9. The molecule has 3 nitrogen and oxygen atoms in total. The average Bonchev–Trinajstić information content (AvgIpc) is 2.99. The second kappa shape index (κ2) is 8.08. The molecule has 0 bridgehead atoms. The van der Waals surface area contributed by atoms with Gasteiger partial charge in [-0.1, -0.05) is 49.3 Å². The number of benzene rings is 2. The van der Waals surface area contributed by atoms with Gasteiger partial charge in [0, 0.05) is 12.1 Å². The molecule has 1 amide bonds. The van der Waals surface area contributed by atoms with E-state index in [0.29, 0.717) is 11.3 Å². The molecule has 0 unspecified atom stereocenters. The molecule has 0 radical (unpaired) electrons. The standard InChI is InChI=1S/C20H19F3N2OS/c1-2-3-6-12-25-16-10-4-5-11-17(16)27-19(25)24-18(26)14-8-7-9-15(13-14)20(21,22)23/h4-5,7-11,13H,2-3,6,12H2,1H3. The van der Waals surface area contributed by atoms with Crippen LogP contribution < -0.4 is 4.80 Å². The van der Waals surface area contributed by atoms with Crippen LogP contribution in [-0.4, -0.2) is 10.5 Å². The Labute approximate surface area is 158 Å². The fourth-order valence-corrected chi connectivity index (χ4v) is 3.88. The maximum absolute atomic E-state index is 12.9. The number of halogens is 3. The summed E-state index contributed by atoms with van der Waals surface area (Å²) in [6.07, 6.45) is -1.42. The summed E-state index contributed by atoms with van der Waals surface area (Å²) in [6.45, 7) is 2.82. The van der Waals surface area contributed by atoms with Gasteiger partial charge in [0.15, 0.2) is 4.80 Å². The minimum absolute atomic E-state index is 0.0672. The molecule has 0 aliphatic rings. The van der Waals surface area contributed by atoms with Crippen molar-refractivity contribution in [2.24, 2.45) is 4.99 Å². The predicted molar refractivity (Wildman–Crippen MR) is 101 cm³/mol. The molecule has 0 saturated heterocycles. The zero-order valence-corrected chi connectivity index (χ0v) is 15.6. The van der Waals surface area contributed by atoms with E-state index in [1.165, 1.54) is 23.5 Å². The normalized spacial score (nSPS) is 12.7. The monoisotopic (exact) mass is 392 g/mol. The van der Waals surface area contributed by atoms with Gasteiger partial charge in [-0.25, -0.2) is 0 Å². The number of carbonyl (C=O) groups is 1. The molecule has 0 aliphatic carbocycles. The van der Waals surface area contributed by atoms with Crippen molar-refractivity contribution >= 4 is 27.5 Å². The van der Waals surface area contributed by atoms with E-state index in [-0.39, 0.29) is 5.56 Å². The van der Waals surface area contributed by atoms with Gasteiger partial charge < -0.3 is 4.57 Å². The summed E-state index contributed by atoms with van der Waals surface area (Å²) in [4.78, 5) is 17.2. The number of amides is 1. The van der Waals surface area contributed by atoms with E-state index in [9.17, 15) is 18.0 Å². The van der Waals surface area contributed by atoms with Gasteiger partial charge in [-0.05, 0) is 36.8 Å². The minimum Gasteiger partial charge on any atom is -0.316 e. The smallest absolute Gasteiger partial charge is 0.316 e. The highest BCUT2D eigenvalue weighted by atomic mass is 32.1. The average molecular weight is 392 g/mol. The lowest BCUT2D eigenvalue weighted by molar-refractivity contribution is -0.137. The molecule has 2 aromatic carbocycles. The van der Waals surface area contributed by atoms with Crippen LogP contribution in [-0.2, 0) is 12.7 Å². The van der Waals surface area contributed by atoms with Gasteiger partial charge in [-0.15, -0.1) is 0 Å². The number of nitrogens with zero attached hydrogens (tertiary/aromatic N) is 2. The molecular formula is C20H19F3N2OS. The highest BCUT2D eigenvalue weighted by molar-refractivity contribution is 7.16. The number of para-hydroxylation sites is 1. The quantitative estimate of drug-likeness (QED) is 0.517. The number of rotatable bonds is 5. The minimum atomic E-state index is -4.49. The van der Waals surface area contributed by atoms with Gasteiger partial charge in [-0.2, -0.15) is 18.2 Å². The van der Waals surface area contributed by atoms with Crippen LogP contribution in [0.1, 0.15) is 42.1 Å². The van der Waals surface area contributed by atoms with Crippen LogP contribution in [0.2, 0.25) is 0 Å². The molecule has 0 N–H and O–H groups in total. The second-order valence-electron chi connectivity index (χ2n) is 6.21. The molecule has 3 aromatic rings. The summed E-state index contributed by atoms with van der Waals surface area (Å²) in [5, 5.41) is 0. The number of hydrogen-bond acceptors (Lipinski definition) is 2. The van der Waals surface area contributed by atoms with Gasteiger partial charge in [-0.3, -0.25) is 4.79 Å². The number of unbranched alkanes of at least 4 members (excludes halogenated alkanes) is 2. The summed E-state index contributed by atoms with van der Waals surface area (Å²) < 4.78 is 41.6. The first-order valence-electron chi connectivity index (χ1n) is 8.75. The number of hydrogen-bond donors (Lipinski definition) is 0. The molecule has 0 fully saturated rings. The summed E-state index contributed by atoms with van der Waals surface area (Å²) in [5.41, 5.74) is 0.0623. The summed E-state index contributed by atoms with van der Waals surface area (Å²) in [6, 6.07) is 12.1. The molecular weight excluding hydrogens is 373 g/mol. The highest BCUT2D eigenvalue weighted by Gasteiger charge is 2.30. The van der Waals surface area contributed by atoms with E-state index < -0.39 is 17.6 Å². The molecule has 1 heterocycles. The van der Waals surface area contributed by atoms with Crippen LogP contribution in [0.5, 0.6) is 0 Å². The Balaban J connectivity index is 2.02. The van der Waals surface area contributed by atoms with Crippen LogP contribution in [0, 0.1) is 0 Å². The third-order valence-corrected chi connectivity index (χ3v) is 5.27.